The lowest BCUT2D eigenvalue weighted by Crippen LogP contribution is -2.38. The molecule has 0 radical (unpaired) electrons. The van der Waals surface area contributed by atoms with Crippen LogP contribution in [0.3, 0.4) is 0 Å². The molecule has 2 aromatic carbocycles. The zero-order valence-electron chi connectivity index (χ0n) is 13.7. The molecule has 0 fully saturated rings. The summed E-state index contributed by atoms with van der Waals surface area (Å²) in [5, 5.41) is 2.85. The molecule has 126 valence electrons. The van der Waals surface area contributed by atoms with Gasteiger partial charge in [0.25, 0.3) is 5.91 Å². The predicted molar refractivity (Wildman–Crippen MR) is 94.4 cm³/mol. The summed E-state index contributed by atoms with van der Waals surface area (Å²) in [6.07, 6.45) is 2.11. The number of fused-ring (bicyclic) bond motifs is 1. The van der Waals surface area contributed by atoms with E-state index in [2.05, 4.69) is 12.2 Å². The maximum absolute atomic E-state index is 12.2. The van der Waals surface area contributed by atoms with Gasteiger partial charge >= 0.3 is 0 Å². The minimum atomic E-state index is -0.548. The third-order valence-electron chi connectivity index (χ3n) is 3.93. The Morgan fingerprint density at radius 1 is 1.21 bits per heavy atom. The van der Waals surface area contributed by atoms with Crippen LogP contribution < -0.4 is 20.5 Å². The molecule has 2 aromatic rings. The fraction of sp³-hybridized carbons (Fsp3) is 0.316. The Labute approximate surface area is 141 Å². The van der Waals surface area contributed by atoms with Crippen molar-refractivity contribution in [1.82, 2.24) is 0 Å². The lowest BCUT2D eigenvalue weighted by molar-refractivity contribution is -0.123. The van der Waals surface area contributed by atoms with E-state index in [1.54, 1.807) is 18.2 Å². The normalized spacial score (nSPS) is 16.0. The summed E-state index contributed by atoms with van der Waals surface area (Å²) < 4.78 is 11.5. The van der Waals surface area contributed by atoms with Gasteiger partial charge in [-0.2, -0.15) is 0 Å². The molecule has 1 amide bonds. The third kappa shape index (κ3) is 3.79. The van der Waals surface area contributed by atoms with Gasteiger partial charge in [0.15, 0.2) is 6.10 Å². The minimum Gasteiger partial charge on any atom is -0.494 e. The van der Waals surface area contributed by atoms with E-state index >= 15 is 0 Å². The van der Waals surface area contributed by atoms with Crippen molar-refractivity contribution in [2.75, 3.05) is 17.7 Å². The second kappa shape index (κ2) is 7.25. The molecule has 1 heterocycles. The first-order valence-electron chi connectivity index (χ1n) is 8.24. The summed E-state index contributed by atoms with van der Waals surface area (Å²) in [4.78, 5) is 12.2. The van der Waals surface area contributed by atoms with Gasteiger partial charge in [-0.25, -0.2) is 0 Å². The second-order valence-electron chi connectivity index (χ2n) is 5.90. The molecule has 1 atom stereocenters. The van der Waals surface area contributed by atoms with Crippen LogP contribution in [0.25, 0.3) is 0 Å². The van der Waals surface area contributed by atoms with E-state index in [0.29, 0.717) is 23.5 Å². The molecule has 5 nitrogen and oxygen atoms in total. The van der Waals surface area contributed by atoms with Crippen molar-refractivity contribution in [3.8, 4) is 11.5 Å². The van der Waals surface area contributed by atoms with Crippen LogP contribution in [-0.4, -0.2) is 18.6 Å². The Kier molecular flexibility index (Phi) is 4.89. The number of amides is 1. The lowest BCUT2D eigenvalue weighted by atomic mass is 10.1. The first-order chi connectivity index (χ1) is 11.7. The molecular weight excluding hydrogens is 304 g/mol. The van der Waals surface area contributed by atoms with Crippen LogP contribution in [-0.2, 0) is 11.2 Å². The maximum Gasteiger partial charge on any atom is 0.265 e. The summed E-state index contributed by atoms with van der Waals surface area (Å²) in [5.74, 6) is 1.34. The van der Waals surface area contributed by atoms with E-state index in [4.69, 9.17) is 15.2 Å². The van der Waals surface area contributed by atoms with Crippen LogP contribution in [0.1, 0.15) is 25.3 Å². The predicted octanol–water partition coefficient (Wildman–Crippen LogP) is 3.39. The van der Waals surface area contributed by atoms with E-state index in [1.807, 2.05) is 24.3 Å². The third-order valence-corrected chi connectivity index (χ3v) is 3.93. The van der Waals surface area contributed by atoms with Gasteiger partial charge in [-0.15, -0.1) is 0 Å². The fourth-order valence-corrected chi connectivity index (χ4v) is 2.57. The van der Waals surface area contributed by atoms with Gasteiger partial charge in [0.1, 0.15) is 11.5 Å². The number of unbranched alkanes of at least 4 members (excludes halogenated alkanes) is 1. The number of nitrogen functional groups attached to an aromatic ring is 1. The molecule has 5 heteroatoms. The molecule has 0 saturated heterocycles. The number of nitrogens with one attached hydrogen (secondary N) is 1. The molecular formula is C19H22N2O3. The van der Waals surface area contributed by atoms with Crippen LogP contribution in [0.15, 0.2) is 42.5 Å². The number of hydrogen-bond acceptors (Lipinski definition) is 4. The number of ether oxygens (including phenoxy) is 2. The lowest BCUT2D eigenvalue weighted by Gasteiger charge is -2.26. The van der Waals surface area contributed by atoms with E-state index in [1.165, 1.54) is 0 Å². The number of benzene rings is 2. The Bertz CT molecular complexity index is 713. The Morgan fingerprint density at radius 2 is 2.00 bits per heavy atom. The summed E-state index contributed by atoms with van der Waals surface area (Å²) >= 11 is 0. The molecule has 0 spiro atoms. The van der Waals surface area contributed by atoms with E-state index in [0.717, 1.165) is 30.8 Å². The number of carbonyl (C=O) groups is 1. The standard InChI is InChI=1S/C19H22N2O3/c1-2-3-10-23-15-7-4-13(5-8-15)11-18-19(22)21-16-12-14(20)6-9-17(16)24-18/h4-9,12,18H,2-3,10-11,20H2,1H3,(H,21,22). The monoisotopic (exact) mass is 326 g/mol. The molecule has 24 heavy (non-hydrogen) atoms. The molecule has 0 aliphatic carbocycles. The zero-order chi connectivity index (χ0) is 16.9. The van der Waals surface area contributed by atoms with Crippen LogP contribution in [0.2, 0.25) is 0 Å². The summed E-state index contributed by atoms with van der Waals surface area (Å²) in [7, 11) is 0. The highest BCUT2D eigenvalue weighted by molar-refractivity contribution is 5.98. The molecule has 0 saturated carbocycles. The minimum absolute atomic E-state index is 0.156. The first-order valence-corrected chi connectivity index (χ1v) is 8.24. The molecule has 3 N–H and O–H groups in total. The van der Waals surface area contributed by atoms with Crippen molar-refractivity contribution in [3.63, 3.8) is 0 Å². The quantitative estimate of drug-likeness (QED) is 0.630. The van der Waals surface area contributed by atoms with Gasteiger partial charge in [0.05, 0.1) is 12.3 Å². The van der Waals surface area contributed by atoms with E-state index < -0.39 is 6.10 Å². The Morgan fingerprint density at radius 3 is 2.75 bits per heavy atom. The van der Waals surface area contributed by atoms with Crippen molar-refractivity contribution in [2.45, 2.75) is 32.3 Å². The molecule has 1 aliphatic heterocycles. The summed E-state index contributed by atoms with van der Waals surface area (Å²) in [6.45, 7) is 2.86. The Hall–Kier alpha value is -2.69. The molecule has 0 aromatic heterocycles. The van der Waals surface area contributed by atoms with Crippen molar-refractivity contribution < 1.29 is 14.3 Å². The highest BCUT2D eigenvalue weighted by Crippen LogP contribution is 2.32. The van der Waals surface area contributed by atoms with Crippen LogP contribution in [0.5, 0.6) is 11.5 Å². The van der Waals surface area contributed by atoms with Gasteiger partial charge in [0.2, 0.25) is 0 Å². The van der Waals surface area contributed by atoms with Gasteiger partial charge in [-0.05, 0) is 42.3 Å². The largest absolute Gasteiger partial charge is 0.494 e. The molecule has 1 unspecified atom stereocenters. The molecule has 0 bridgehead atoms. The maximum atomic E-state index is 12.2. The number of nitrogens with two attached hydrogens (primary N) is 1. The van der Waals surface area contributed by atoms with Gasteiger partial charge < -0.3 is 20.5 Å². The summed E-state index contributed by atoms with van der Waals surface area (Å²) in [6, 6.07) is 13.0. The van der Waals surface area contributed by atoms with Crippen molar-refractivity contribution in [3.05, 3.63) is 48.0 Å². The number of rotatable bonds is 6. The van der Waals surface area contributed by atoms with Crippen molar-refractivity contribution in [2.24, 2.45) is 0 Å². The van der Waals surface area contributed by atoms with Crippen LogP contribution in [0.4, 0.5) is 11.4 Å². The van der Waals surface area contributed by atoms with E-state index in [-0.39, 0.29) is 5.91 Å². The highest BCUT2D eigenvalue weighted by Gasteiger charge is 2.27. The number of hydrogen-bond donors (Lipinski definition) is 2. The molecule has 1 aliphatic rings. The SMILES string of the molecule is CCCCOc1ccc(CC2Oc3ccc(N)cc3NC2=O)cc1. The zero-order valence-corrected chi connectivity index (χ0v) is 13.7. The van der Waals surface area contributed by atoms with Crippen LogP contribution in [0, 0.1) is 0 Å². The van der Waals surface area contributed by atoms with Gasteiger partial charge in [0, 0.05) is 12.1 Å². The van der Waals surface area contributed by atoms with Crippen LogP contribution >= 0.6 is 0 Å². The number of anilines is 2. The second-order valence-corrected chi connectivity index (χ2v) is 5.90. The van der Waals surface area contributed by atoms with Gasteiger partial charge in [-0.3, -0.25) is 4.79 Å². The van der Waals surface area contributed by atoms with E-state index in [9.17, 15) is 4.79 Å². The Balaban J connectivity index is 1.63. The average molecular weight is 326 g/mol. The highest BCUT2D eigenvalue weighted by atomic mass is 16.5. The number of carbonyl (C=O) groups excluding carboxylic acids is 1. The van der Waals surface area contributed by atoms with Gasteiger partial charge in [-0.1, -0.05) is 25.5 Å². The smallest absolute Gasteiger partial charge is 0.265 e. The average Bonchev–Trinajstić information content (AvgIpc) is 2.57. The molecule has 3 rings (SSSR count). The topological polar surface area (TPSA) is 73.6 Å². The fourth-order valence-electron chi connectivity index (χ4n) is 2.57. The van der Waals surface area contributed by atoms with Crippen molar-refractivity contribution >= 4 is 17.3 Å². The van der Waals surface area contributed by atoms with Crippen molar-refractivity contribution in [1.29, 1.82) is 0 Å². The first kappa shape index (κ1) is 16.2. The summed E-state index contributed by atoms with van der Waals surface area (Å²) in [5.41, 5.74) is 7.96.